The van der Waals surface area contributed by atoms with Crippen LogP contribution in [0.15, 0.2) is 17.5 Å². The third kappa shape index (κ3) is 6.06. The van der Waals surface area contributed by atoms with Gasteiger partial charge >= 0.3 is 0 Å². The average molecular weight is 294 g/mol. The van der Waals surface area contributed by atoms with Crippen LogP contribution in [0.4, 0.5) is 0 Å². The molecule has 0 atom stereocenters. The summed E-state index contributed by atoms with van der Waals surface area (Å²) >= 11 is 1.72. The van der Waals surface area contributed by atoms with Crippen molar-refractivity contribution in [1.29, 1.82) is 0 Å². The van der Waals surface area contributed by atoms with Crippen LogP contribution in [0, 0.1) is 0 Å². The lowest BCUT2D eigenvalue weighted by atomic mass is 10.1. The average Bonchev–Trinajstić information content (AvgIpc) is 2.84. The van der Waals surface area contributed by atoms with Crippen molar-refractivity contribution < 1.29 is 4.79 Å². The van der Waals surface area contributed by atoms with Crippen molar-refractivity contribution in [3.05, 3.63) is 22.4 Å². The molecule has 0 bridgehead atoms. The zero-order valence-electron chi connectivity index (χ0n) is 12.2. The van der Waals surface area contributed by atoms with Gasteiger partial charge in [-0.25, -0.2) is 0 Å². The van der Waals surface area contributed by atoms with Gasteiger partial charge in [0.1, 0.15) is 0 Å². The van der Waals surface area contributed by atoms with Gasteiger partial charge in [0.25, 0.3) is 0 Å². The van der Waals surface area contributed by atoms with Crippen LogP contribution in [-0.2, 0) is 11.2 Å². The Morgan fingerprint density at radius 3 is 2.70 bits per heavy atom. The molecule has 0 spiro atoms. The monoisotopic (exact) mass is 294 g/mol. The number of aryl methyl sites for hydroxylation is 1. The van der Waals surface area contributed by atoms with Gasteiger partial charge in [-0.15, -0.1) is 11.3 Å². The fourth-order valence-corrected chi connectivity index (χ4v) is 3.45. The summed E-state index contributed by atoms with van der Waals surface area (Å²) in [5, 5.41) is 8.64. The largest absolute Gasteiger partial charge is 0.355 e. The van der Waals surface area contributed by atoms with E-state index in [-0.39, 0.29) is 5.91 Å². The molecule has 1 aliphatic rings. The molecule has 1 aromatic rings. The highest BCUT2D eigenvalue weighted by atomic mass is 32.1. The fraction of sp³-hybridized carbons (Fsp3) is 0.688. The van der Waals surface area contributed by atoms with Crippen LogP contribution in [0.2, 0.25) is 0 Å². The maximum absolute atomic E-state index is 11.7. The summed E-state index contributed by atoms with van der Waals surface area (Å²) < 4.78 is 0. The minimum atomic E-state index is 0.168. The first-order valence-electron chi connectivity index (χ1n) is 7.87. The molecule has 1 aliphatic carbocycles. The number of carbonyl (C=O) groups excluding carboxylic acids is 1. The van der Waals surface area contributed by atoms with Gasteiger partial charge in [0.2, 0.25) is 5.91 Å². The molecule has 0 aliphatic heterocycles. The van der Waals surface area contributed by atoms with Gasteiger partial charge in [0.05, 0.1) is 0 Å². The first kappa shape index (κ1) is 15.5. The molecule has 1 amide bonds. The highest BCUT2D eigenvalue weighted by molar-refractivity contribution is 7.09. The van der Waals surface area contributed by atoms with Crippen molar-refractivity contribution >= 4 is 17.2 Å². The Balaban J connectivity index is 1.50. The quantitative estimate of drug-likeness (QED) is 0.599. The summed E-state index contributed by atoms with van der Waals surface area (Å²) in [6.07, 6.45) is 9.53. The van der Waals surface area contributed by atoms with Crippen LogP contribution < -0.4 is 10.6 Å². The Morgan fingerprint density at radius 1 is 1.20 bits per heavy atom. The second-order valence-electron chi connectivity index (χ2n) is 5.57. The number of carbonyl (C=O) groups is 1. The minimum absolute atomic E-state index is 0.168. The van der Waals surface area contributed by atoms with Crippen LogP contribution >= 0.6 is 11.3 Å². The zero-order chi connectivity index (χ0) is 14.0. The van der Waals surface area contributed by atoms with Gasteiger partial charge < -0.3 is 10.6 Å². The van der Waals surface area contributed by atoms with Gasteiger partial charge in [-0.3, -0.25) is 4.79 Å². The lowest BCUT2D eigenvalue weighted by Gasteiger charge is -2.16. The third-order valence-corrected chi connectivity index (χ3v) is 4.85. The molecule has 1 heterocycles. The highest BCUT2D eigenvalue weighted by Crippen LogP contribution is 2.16. The van der Waals surface area contributed by atoms with Crippen LogP contribution in [0.25, 0.3) is 0 Å². The first-order chi connectivity index (χ1) is 9.84. The van der Waals surface area contributed by atoms with Gasteiger partial charge in [-0.2, -0.15) is 0 Å². The second-order valence-corrected chi connectivity index (χ2v) is 6.60. The molecular formula is C16H26N2OS. The highest BCUT2D eigenvalue weighted by Gasteiger charge is 2.11. The molecule has 1 fully saturated rings. The molecule has 2 N–H and O–H groups in total. The topological polar surface area (TPSA) is 41.1 Å². The number of hydrogen-bond acceptors (Lipinski definition) is 3. The van der Waals surface area contributed by atoms with E-state index < -0.39 is 0 Å². The number of thiophene rings is 1. The molecule has 112 valence electrons. The van der Waals surface area contributed by atoms with Crippen molar-refractivity contribution in [2.24, 2.45) is 0 Å². The standard InChI is InChI=1S/C16H26N2OS/c19-16(10-9-15-8-5-13-20-15)18-12-11-17-14-6-3-1-2-4-7-14/h5,8,13-14,17H,1-4,6-7,9-12H2,(H,18,19). The Bertz CT molecular complexity index is 370. The molecule has 0 aromatic carbocycles. The van der Waals surface area contributed by atoms with Crippen molar-refractivity contribution in [3.63, 3.8) is 0 Å². The molecular weight excluding hydrogens is 268 g/mol. The van der Waals surface area contributed by atoms with E-state index >= 15 is 0 Å². The smallest absolute Gasteiger partial charge is 0.220 e. The molecule has 1 saturated carbocycles. The molecule has 3 nitrogen and oxygen atoms in total. The van der Waals surface area contributed by atoms with Gasteiger partial charge in [-0.1, -0.05) is 31.7 Å². The molecule has 4 heteroatoms. The Kier molecular flexibility index (Phi) is 7.09. The lowest BCUT2D eigenvalue weighted by molar-refractivity contribution is -0.121. The summed E-state index contributed by atoms with van der Waals surface area (Å²) in [6.45, 7) is 1.65. The van der Waals surface area contributed by atoms with Crippen molar-refractivity contribution in [2.75, 3.05) is 13.1 Å². The maximum Gasteiger partial charge on any atom is 0.220 e. The van der Waals surface area contributed by atoms with E-state index in [9.17, 15) is 4.79 Å². The Hall–Kier alpha value is -0.870. The van der Waals surface area contributed by atoms with E-state index in [0.717, 1.165) is 19.5 Å². The molecule has 0 unspecified atom stereocenters. The number of hydrogen-bond donors (Lipinski definition) is 2. The number of nitrogens with one attached hydrogen (secondary N) is 2. The minimum Gasteiger partial charge on any atom is -0.355 e. The zero-order valence-corrected chi connectivity index (χ0v) is 13.0. The number of rotatable bonds is 7. The molecule has 2 rings (SSSR count). The van der Waals surface area contributed by atoms with Crippen molar-refractivity contribution in [1.82, 2.24) is 10.6 Å². The molecule has 20 heavy (non-hydrogen) atoms. The third-order valence-electron chi connectivity index (χ3n) is 3.91. The molecule has 0 radical (unpaired) electrons. The van der Waals surface area contributed by atoms with Crippen LogP contribution in [-0.4, -0.2) is 25.0 Å². The number of amides is 1. The first-order valence-corrected chi connectivity index (χ1v) is 8.75. The van der Waals surface area contributed by atoms with Crippen LogP contribution in [0.5, 0.6) is 0 Å². The fourth-order valence-electron chi connectivity index (χ4n) is 2.74. The van der Waals surface area contributed by atoms with Gasteiger partial charge in [-0.05, 0) is 30.7 Å². The maximum atomic E-state index is 11.7. The Labute approximate surface area is 126 Å². The summed E-state index contributed by atoms with van der Waals surface area (Å²) in [5.41, 5.74) is 0. The Morgan fingerprint density at radius 2 is 2.00 bits per heavy atom. The summed E-state index contributed by atoms with van der Waals surface area (Å²) in [6, 6.07) is 4.79. The van der Waals surface area contributed by atoms with Gasteiger partial charge in [0.15, 0.2) is 0 Å². The predicted octanol–water partition coefficient (Wildman–Crippen LogP) is 3.11. The van der Waals surface area contributed by atoms with E-state index in [0.29, 0.717) is 12.5 Å². The van der Waals surface area contributed by atoms with Crippen LogP contribution in [0.3, 0.4) is 0 Å². The molecule has 1 aromatic heterocycles. The predicted molar refractivity (Wildman–Crippen MR) is 85.1 cm³/mol. The van der Waals surface area contributed by atoms with Crippen molar-refractivity contribution in [2.45, 2.75) is 57.4 Å². The van der Waals surface area contributed by atoms with E-state index in [1.165, 1.54) is 43.4 Å². The van der Waals surface area contributed by atoms with Crippen LogP contribution in [0.1, 0.15) is 49.8 Å². The second kappa shape index (κ2) is 9.14. The van der Waals surface area contributed by atoms with Crippen molar-refractivity contribution in [3.8, 4) is 0 Å². The van der Waals surface area contributed by atoms with Gasteiger partial charge in [0, 0.05) is 30.4 Å². The van der Waals surface area contributed by atoms with E-state index in [1.807, 2.05) is 6.07 Å². The summed E-state index contributed by atoms with van der Waals surface area (Å²) in [5.74, 6) is 0.168. The normalized spacial score (nSPS) is 16.8. The summed E-state index contributed by atoms with van der Waals surface area (Å²) in [7, 11) is 0. The lowest BCUT2D eigenvalue weighted by Crippen LogP contribution is -2.36. The van der Waals surface area contributed by atoms with E-state index in [2.05, 4.69) is 22.1 Å². The SMILES string of the molecule is O=C(CCc1cccs1)NCCNC1CCCCCC1. The van der Waals surface area contributed by atoms with E-state index in [1.54, 1.807) is 11.3 Å². The molecule has 0 saturated heterocycles. The van der Waals surface area contributed by atoms with E-state index in [4.69, 9.17) is 0 Å². The summed E-state index contributed by atoms with van der Waals surface area (Å²) in [4.78, 5) is 13.0.